The first-order chi connectivity index (χ1) is 12.8. The smallest absolute Gasteiger partial charge is 0.119 e. The molecule has 0 spiro atoms. The molecule has 0 heterocycles. The molecule has 1 nitrogen and oxygen atoms in total. The quantitative estimate of drug-likeness (QED) is 0.419. The van der Waals surface area contributed by atoms with E-state index in [0.29, 0.717) is 0 Å². The van der Waals surface area contributed by atoms with E-state index >= 15 is 0 Å². The highest BCUT2D eigenvalue weighted by Crippen LogP contribution is 2.34. The first-order valence-electron chi connectivity index (χ1n) is 10.7. The number of unbranched alkanes of at least 4 members (excludes halogenated alkanes) is 3. The average molecular weight is 351 g/mol. The number of rotatable bonds is 9. The third-order valence-electron chi connectivity index (χ3n) is 5.64. The summed E-state index contributed by atoms with van der Waals surface area (Å²) < 4.78 is 5.76. The van der Waals surface area contributed by atoms with Crippen molar-refractivity contribution in [3.8, 4) is 5.75 Å². The van der Waals surface area contributed by atoms with Gasteiger partial charge in [0, 0.05) is 0 Å². The molecule has 0 radical (unpaired) electrons. The summed E-state index contributed by atoms with van der Waals surface area (Å²) in [4.78, 5) is 0. The monoisotopic (exact) mass is 350 g/mol. The average Bonchev–Trinajstić information content (AvgIpc) is 2.69. The Morgan fingerprint density at radius 2 is 1.77 bits per heavy atom. The number of benzene rings is 2. The van der Waals surface area contributed by atoms with Crippen molar-refractivity contribution in [1.29, 1.82) is 0 Å². The van der Waals surface area contributed by atoms with Crippen LogP contribution in [-0.2, 0) is 0 Å². The van der Waals surface area contributed by atoms with Gasteiger partial charge in [0.05, 0.1) is 6.61 Å². The molecule has 0 N–H and O–H groups in total. The second-order valence-corrected chi connectivity index (χ2v) is 7.79. The van der Waals surface area contributed by atoms with Gasteiger partial charge in [-0.2, -0.15) is 0 Å². The second-order valence-electron chi connectivity index (χ2n) is 7.79. The maximum absolute atomic E-state index is 5.76. The van der Waals surface area contributed by atoms with Crippen molar-refractivity contribution in [3.05, 3.63) is 48.0 Å². The Morgan fingerprint density at radius 3 is 2.54 bits per heavy atom. The fraction of sp³-hybridized carbons (Fsp3) is 0.520. The van der Waals surface area contributed by atoms with E-state index in [1.807, 2.05) is 0 Å². The third-order valence-corrected chi connectivity index (χ3v) is 5.64. The lowest BCUT2D eigenvalue weighted by atomic mass is 9.83. The predicted molar refractivity (Wildman–Crippen MR) is 114 cm³/mol. The molecule has 140 valence electrons. The van der Waals surface area contributed by atoms with Crippen molar-refractivity contribution in [2.45, 2.75) is 71.6 Å². The molecule has 0 fully saturated rings. The molecule has 1 atom stereocenters. The van der Waals surface area contributed by atoms with E-state index in [9.17, 15) is 0 Å². The molecule has 0 bridgehead atoms. The van der Waals surface area contributed by atoms with Crippen molar-refractivity contribution >= 4 is 16.3 Å². The van der Waals surface area contributed by atoms with E-state index in [1.54, 1.807) is 5.57 Å². The lowest BCUT2D eigenvalue weighted by molar-refractivity contribution is 0.318. The summed E-state index contributed by atoms with van der Waals surface area (Å²) in [5, 5.41) is 2.58. The highest BCUT2D eigenvalue weighted by atomic mass is 16.5. The Morgan fingerprint density at radius 1 is 0.923 bits per heavy atom. The van der Waals surface area contributed by atoms with E-state index in [4.69, 9.17) is 4.74 Å². The SMILES string of the molecule is CCCCCCC1CC=C(c2ccc3cc(OCCC)ccc3c2)CC1. The summed E-state index contributed by atoms with van der Waals surface area (Å²) in [7, 11) is 0. The number of ether oxygens (including phenoxy) is 1. The number of allylic oxidation sites excluding steroid dienone is 2. The van der Waals surface area contributed by atoms with Crippen LogP contribution in [-0.4, -0.2) is 6.61 Å². The summed E-state index contributed by atoms with van der Waals surface area (Å²) in [6.45, 7) is 5.22. The van der Waals surface area contributed by atoms with Crippen LogP contribution in [0.2, 0.25) is 0 Å². The van der Waals surface area contributed by atoms with Crippen LogP contribution in [0, 0.1) is 5.92 Å². The summed E-state index contributed by atoms with van der Waals surface area (Å²) in [5.74, 6) is 1.89. The van der Waals surface area contributed by atoms with Gasteiger partial charge in [0.15, 0.2) is 0 Å². The van der Waals surface area contributed by atoms with Crippen LogP contribution < -0.4 is 4.74 Å². The summed E-state index contributed by atoms with van der Waals surface area (Å²) in [6, 6.07) is 13.4. The molecule has 3 rings (SSSR count). The molecule has 2 aromatic carbocycles. The predicted octanol–water partition coefficient (Wildman–Crippen LogP) is 7.78. The minimum atomic E-state index is 0.788. The van der Waals surface area contributed by atoms with Crippen molar-refractivity contribution in [1.82, 2.24) is 0 Å². The van der Waals surface area contributed by atoms with E-state index < -0.39 is 0 Å². The van der Waals surface area contributed by atoms with Crippen LogP contribution in [0.15, 0.2) is 42.5 Å². The van der Waals surface area contributed by atoms with Gasteiger partial charge in [-0.25, -0.2) is 0 Å². The molecule has 1 unspecified atom stereocenters. The lowest BCUT2D eigenvalue weighted by Gasteiger charge is -2.22. The van der Waals surface area contributed by atoms with Gasteiger partial charge in [0.25, 0.3) is 0 Å². The topological polar surface area (TPSA) is 9.23 Å². The largest absolute Gasteiger partial charge is 0.494 e. The van der Waals surface area contributed by atoms with Crippen LogP contribution in [0.4, 0.5) is 0 Å². The molecule has 2 aromatic rings. The normalized spacial score (nSPS) is 17.3. The fourth-order valence-electron chi connectivity index (χ4n) is 4.01. The van der Waals surface area contributed by atoms with Gasteiger partial charge in [-0.3, -0.25) is 0 Å². The van der Waals surface area contributed by atoms with E-state index in [-0.39, 0.29) is 0 Å². The standard InChI is InChI=1S/C25H34O/c1-3-5-6-7-8-20-9-11-21(12-10-20)22-13-14-24-19-25(26-17-4-2)16-15-23(24)18-22/h11,13-16,18-20H,3-10,12,17H2,1-2H3. The molecule has 0 saturated carbocycles. The van der Waals surface area contributed by atoms with E-state index in [2.05, 4.69) is 56.3 Å². The van der Waals surface area contributed by atoms with Gasteiger partial charge >= 0.3 is 0 Å². The van der Waals surface area contributed by atoms with E-state index in [0.717, 1.165) is 24.7 Å². The molecule has 1 aliphatic carbocycles. The Hall–Kier alpha value is -1.76. The Labute approximate surface area is 159 Å². The maximum Gasteiger partial charge on any atom is 0.119 e. The van der Waals surface area contributed by atoms with Crippen LogP contribution in [0.3, 0.4) is 0 Å². The zero-order valence-corrected chi connectivity index (χ0v) is 16.6. The molecule has 0 saturated heterocycles. The molecule has 0 amide bonds. The molecule has 1 heteroatoms. The molecule has 0 aromatic heterocycles. The van der Waals surface area contributed by atoms with Gasteiger partial charge in [-0.05, 0) is 71.7 Å². The van der Waals surface area contributed by atoms with Crippen LogP contribution in [0.25, 0.3) is 16.3 Å². The highest BCUT2D eigenvalue weighted by molar-refractivity contribution is 5.87. The second kappa shape index (κ2) is 9.80. The van der Waals surface area contributed by atoms with Gasteiger partial charge in [0.1, 0.15) is 5.75 Å². The molecular weight excluding hydrogens is 316 g/mol. The minimum absolute atomic E-state index is 0.788. The summed E-state index contributed by atoms with van der Waals surface area (Å²) in [6.07, 6.45) is 14.4. The van der Waals surface area contributed by atoms with Gasteiger partial charge in [-0.15, -0.1) is 0 Å². The maximum atomic E-state index is 5.76. The highest BCUT2D eigenvalue weighted by Gasteiger charge is 2.15. The van der Waals surface area contributed by atoms with Crippen molar-refractivity contribution in [2.75, 3.05) is 6.61 Å². The lowest BCUT2D eigenvalue weighted by Crippen LogP contribution is -2.05. The number of hydrogen-bond acceptors (Lipinski definition) is 1. The molecular formula is C25H34O. The van der Waals surface area contributed by atoms with Gasteiger partial charge in [0.2, 0.25) is 0 Å². The number of hydrogen-bond donors (Lipinski definition) is 0. The van der Waals surface area contributed by atoms with Crippen LogP contribution in [0.5, 0.6) is 5.75 Å². The zero-order valence-electron chi connectivity index (χ0n) is 16.6. The van der Waals surface area contributed by atoms with Crippen molar-refractivity contribution in [2.24, 2.45) is 5.92 Å². The Kier molecular flexibility index (Phi) is 7.17. The third kappa shape index (κ3) is 5.13. The fourth-order valence-corrected chi connectivity index (χ4v) is 4.01. The van der Waals surface area contributed by atoms with Crippen LogP contribution >= 0.6 is 0 Å². The van der Waals surface area contributed by atoms with Crippen LogP contribution in [0.1, 0.15) is 77.2 Å². The van der Waals surface area contributed by atoms with Gasteiger partial charge in [-0.1, -0.05) is 70.2 Å². The van der Waals surface area contributed by atoms with E-state index in [1.165, 1.54) is 67.7 Å². The first kappa shape index (κ1) is 19.0. The minimum Gasteiger partial charge on any atom is -0.494 e. The molecule has 26 heavy (non-hydrogen) atoms. The molecule has 0 aliphatic heterocycles. The summed E-state index contributed by atoms with van der Waals surface area (Å²) >= 11 is 0. The summed E-state index contributed by atoms with van der Waals surface area (Å²) in [5.41, 5.74) is 2.95. The van der Waals surface area contributed by atoms with Gasteiger partial charge < -0.3 is 4.74 Å². The van der Waals surface area contributed by atoms with Crippen molar-refractivity contribution < 1.29 is 4.74 Å². The zero-order chi connectivity index (χ0) is 18.2. The Balaban J connectivity index is 1.62. The molecule has 1 aliphatic rings. The first-order valence-corrected chi connectivity index (χ1v) is 10.7. The Bertz CT molecular complexity index is 728. The van der Waals surface area contributed by atoms with Crippen molar-refractivity contribution in [3.63, 3.8) is 0 Å². The number of fused-ring (bicyclic) bond motifs is 1.